The molecule has 1 aliphatic heterocycles. The number of hydrogen-bond donors (Lipinski definition) is 1. The number of halogens is 1. The Balaban J connectivity index is 1.70. The first-order chi connectivity index (χ1) is 17.4. The van der Waals surface area contributed by atoms with Gasteiger partial charge in [-0.3, -0.25) is 4.79 Å². The molecule has 0 unspecified atom stereocenters. The van der Waals surface area contributed by atoms with Crippen molar-refractivity contribution in [2.45, 2.75) is 37.6 Å². The van der Waals surface area contributed by atoms with Crippen LogP contribution in [0.1, 0.15) is 39.9 Å². The predicted octanol–water partition coefficient (Wildman–Crippen LogP) is 4.32. The normalized spacial score (nSPS) is 16.5. The average Bonchev–Trinajstić information content (AvgIpc) is 2.85. The maximum absolute atomic E-state index is 14.8. The number of carboxylic acids is 1. The van der Waals surface area contributed by atoms with Gasteiger partial charge in [-0.15, -0.1) is 0 Å². The van der Waals surface area contributed by atoms with Crippen LogP contribution in [0.3, 0.4) is 0 Å². The van der Waals surface area contributed by atoms with Gasteiger partial charge in [-0.05, 0) is 60.9 Å². The van der Waals surface area contributed by atoms with Gasteiger partial charge in [-0.1, -0.05) is 31.2 Å². The highest BCUT2D eigenvalue weighted by atomic mass is 32.2. The Morgan fingerprint density at radius 1 is 1.05 bits per heavy atom. The lowest BCUT2D eigenvalue weighted by molar-refractivity contribution is -0.142. The van der Waals surface area contributed by atoms with Crippen LogP contribution in [0.25, 0.3) is 0 Å². The molecule has 0 aromatic heterocycles. The Bertz CT molecular complexity index is 1480. The number of rotatable bonds is 6. The summed E-state index contributed by atoms with van der Waals surface area (Å²) in [6.07, 6.45) is 0. The molecular weight excluding hydrogens is 499 g/mol. The van der Waals surface area contributed by atoms with Crippen LogP contribution < -0.4 is 9.64 Å². The highest BCUT2D eigenvalue weighted by Crippen LogP contribution is 2.39. The molecule has 1 heterocycles. The van der Waals surface area contributed by atoms with Crippen molar-refractivity contribution in [2.24, 2.45) is 0 Å². The Kier molecular flexibility index (Phi) is 7.07. The first-order valence-electron chi connectivity index (χ1n) is 11.6. The van der Waals surface area contributed by atoms with Crippen molar-refractivity contribution < 1.29 is 32.2 Å². The summed E-state index contributed by atoms with van der Waals surface area (Å²) in [6.45, 7) is 4.69. The topological polar surface area (TPSA) is 104 Å². The van der Waals surface area contributed by atoms with Gasteiger partial charge < -0.3 is 14.7 Å². The molecule has 0 bridgehead atoms. The summed E-state index contributed by atoms with van der Waals surface area (Å²) in [5.41, 5.74) is 2.11. The number of nitrogens with zero attached hydrogens (tertiary/aromatic N) is 2. The molecule has 1 aliphatic rings. The van der Waals surface area contributed by atoms with E-state index in [0.717, 1.165) is 9.87 Å². The quantitative estimate of drug-likeness (QED) is 0.377. The minimum Gasteiger partial charge on any atom is -0.480 e. The van der Waals surface area contributed by atoms with Gasteiger partial charge >= 0.3 is 11.9 Å². The Labute approximate surface area is 215 Å². The van der Waals surface area contributed by atoms with Gasteiger partial charge in [0.1, 0.15) is 22.5 Å². The van der Waals surface area contributed by atoms with Crippen LogP contribution in [-0.4, -0.2) is 49.5 Å². The molecule has 8 nitrogen and oxygen atoms in total. The number of sulfonamides is 1. The van der Waals surface area contributed by atoms with E-state index in [0.29, 0.717) is 11.1 Å². The molecule has 2 atom stereocenters. The molecule has 3 aromatic rings. The van der Waals surface area contributed by atoms with Crippen LogP contribution in [0.15, 0.2) is 65.6 Å². The maximum Gasteiger partial charge on any atom is 0.343 e. The van der Waals surface area contributed by atoms with Crippen molar-refractivity contribution in [3.8, 4) is 5.75 Å². The van der Waals surface area contributed by atoms with Crippen LogP contribution in [-0.2, 0) is 14.8 Å². The number of carbonyl (C=O) groups excluding carboxylic acids is 1. The van der Waals surface area contributed by atoms with Crippen LogP contribution in [0.4, 0.5) is 10.1 Å². The van der Waals surface area contributed by atoms with E-state index in [9.17, 15) is 27.5 Å². The molecule has 37 heavy (non-hydrogen) atoms. The first kappa shape index (κ1) is 26.3. The van der Waals surface area contributed by atoms with E-state index in [1.807, 2.05) is 0 Å². The monoisotopic (exact) mass is 526 g/mol. The smallest absolute Gasteiger partial charge is 0.343 e. The largest absolute Gasteiger partial charge is 0.480 e. The van der Waals surface area contributed by atoms with Crippen molar-refractivity contribution in [1.82, 2.24) is 4.31 Å². The molecule has 0 radical (unpaired) electrons. The fraction of sp³-hybridized carbons (Fsp3) is 0.259. The molecule has 0 amide bonds. The molecule has 0 saturated heterocycles. The van der Waals surface area contributed by atoms with Crippen LogP contribution in [0.2, 0.25) is 0 Å². The third-order valence-corrected chi connectivity index (χ3v) is 8.59. The Morgan fingerprint density at radius 2 is 1.73 bits per heavy atom. The lowest BCUT2D eigenvalue weighted by atomic mass is 9.87. The van der Waals surface area contributed by atoms with E-state index in [1.54, 1.807) is 62.2 Å². The summed E-state index contributed by atoms with van der Waals surface area (Å²) in [6, 6.07) is 13.7. The van der Waals surface area contributed by atoms with Gasteiger partial charge in [0, 0.05) is 19.0 Å². The first-order valence-corrected chi connectivity index (χ1v) is 13.0. The highest BCUT2D eigenvalue weighted by Gasteiger charge is 2.45. The van der Waals surface area contributed by atoms with Gasteiger partial charge in [-0.25, -0.2) is 17.6 Å². The fourth-order valence-electron chi connectivity index (χ4n) is 4.65. The summed E-state index contributed by atoms with van der Waals surface area (Å²) in [4.78, 5) is 26.3. The third-order valence-electron chi connectivity index (χ3n) is 6.72. The highest BCUT2D eigenvalue weighted by molar-refractivity contribution is 7.89. The zero-order valence-corrected chi connectivity index (χ0v) is 21.6. The minimum atomic E-state index is -4.30. The second-order valence-corrected chi connectivity index (χ2v) is 11.0. The SMILES string of the molecule is Cc1ccc(F)c([C@@H](C)[C@@H](C(=O)O)N2CN(C)c3cc(OC(=O)c4ccccc4)ccc3S2(=O)=O)c1C. The van der Waals surface area contributed by atoms with Gasteiger partial charge in [-0.2, -0.15) is 4.31 Å². The number of ether oxygens (including phenoxy) is 1. The number of aliphatic carboxylic acids is 1. The molecule has 194 valence electrons. The summed E-state index contributed by atoms with van der Waals surface area (Å²) >= 11 is 0. The standard InChI is InChI=1S/C27H27FN2O6S/c1-16-10-12-21(28)24(17(16)2)18(3)25(26(31)32)30-15-29(4)22-14-20(11-13-23(22)37(30,34)35)36-27(33)19-8-6-5-7-9-19/h5-14,18,25H,15H2,1-4H3,(H,31,32)/t18-,25+/m1/s1. The summed E-state index contributed by atoms with van der Waals surface area (Å²) in [7, 11) is -2.70. The molecule has 1 N–H and O–H groups in total. The summed E-state index contributed by atoms with van der Waals surface area (Å²) in [5.74, 6) is -3.41. The van der Waals surface area contributed by atoms with E-state index in [-0.39, 0.29) is 28.6 Å². The number of anilines is 1. The number of carbonyl (C=O) groups is 2. The van der Waals surface area contributed by atoms with Crippen molar-refractivity contribution in [3.05, 3.63) is 88.7 Å². The predicted molar refractivity (Wildman–Crippen MR) is 136 cm³/mol. The number of carboxylic acid groups (broad SMARTS) is 1. The number of hydrogen-bond acceptors (Lipinski definition) is 6. The third kappa shape index (κ3) is 4.82. The van der Waals surface area contributed by atoms with Crippen molar-refractivity contribution in [2.75, 3.05) is 18.6 Å². The van der Waals surface area contributed by atoms with Gasteiger partial charge in [0.2, 0.25) is 10.0 Å². The molecule has 0 spiro atoms. The molecule has 4 rings (SSSR count). The maximum atomic E-state index is 14.8. The van der Waals surface area contributed by atoms with E-state index in [2.05, 4.69) is 0 Å². The van der Waals surface area contributed by atoms with Gasteiger partial charge in [0.25, 0.3) is 0 Å². The molecule has 0 saturated carbocycles. The van der Waals surface area contributed by atoms with Crippen molar-refractivity contribution >= 4 is 27.6 Å². The van der Waals surface area contributed by atoms with Crippen molar-refractivity contribution in [3.63, 3.8) is 0 Å². The number of benzene rings is 3. The van der Waals surface area contributed by atoms with Gasteiger partial charge in [0.15, 0.2) is 0 Å². The van der Waals surface area contributed by atoms with E-state index >= 15 is 0 Å². The molecular formula is C27H27FN2O6S. The molecule has 0 fully saturated rings. The van der Waals surface area contributed by atoms with Crippen LogP contribution in [0.5, 0.6) is 5.75 Å². The lowest BCUT2D eigenvalue weighted by Gasteiger charge is -2.40. The Hall–Kier alpha value is -3.76. The zero-order valence-electron chi connectivity index (χ0n) is 20.8. The lowest BCUT2D eigenvalue weighted by Crippen LogP contribution is -2.54. The van der Waals surface area contributed by atoms with E-state index in [4.69, 9.17) is 4.74 Å². The second kappa shape index (κ2) is 9.95. The van der Waals surface area contributed by atoms with Crippen LogP contribution >= 0.6 is 0 Å². The molecule has 3 aromatic carbocycles. The average molecular weight is 527 g/mol. The van der Waals surface area contributed by atoms with Crippen LogP contribution in [0, 0.1) is 19.7 Å². The summed E-state index contributed by atoms with van der Waals surface area (Å²) in [5, 5.41) is 10.1. The minimum absolute atomic E-state index is 0.138. The molecule has 10 heteroatoms. The van der Waals surface area contributed by atoms with Gasteiger partial charge in [0.05, 0.1) is 17.9 Å². The van der Waals surface area contributed by atoms with E-state index < -0.39 is 39.7 Å². The second-order valence-electron chi connectivity index (χ2n) is 9.09. The number of aryl methyl sites for hydroxylation is 1. The molecule has 0 aliphatic carbocycles. The Morgan fingerprint density at radius 3 is 2.38 bits per heavy atom. The zero-order chi connectivity index (χ0) is 27.1. The van der Waals surface area contributed by atoms with E-state index in [1.165, 1.54) is 31.2 Å². The number of esters is 1. The number of fused-ring (bicyclic) bond motifs is 1. The fourth-order valence-corrected chi connectivity index (χ4v) is 6.52. The van der Waals surface area contributed by atoms with Crippen molar-refractivity contribution in [1.29, 1.82) is 0 Å². The summed E-state index contributed by atoms with van der Waals surface area (Å²) < 4.78 is 48.4.